The van der Waals surface area contributed by atoms with E-state index in [1.165, 1.54) is 0 Å². The van der Waals surface area contributed by atoms with E-state index in [2.05, 4.69) is 0 Å². The van der Waals surface area contributed by atoms with Crippen molar-refractivity contribution in [2.45, 2.75) is 6.42 Å². The minimum Gasteiger partial charge on any atom is -0.456 e. The van der Waals surface area contributed by atoms with Crippen molar-refractivity contribution in [3.05, 3.63) is 82.9 Å². The molecule has 0 radical (unpaired) electrons. The van der Waals surface area contributed by atoms with Gasteiger partial charge in [0, 0.05) is 28.5 Å². The van der Waals surface area contributed by atoms with E-state index >= 15 is 0 Å². The second kappa shape index (κ2) is 4.08. The first kappa shape index (κ1) is 11.8. The van der Waals surface area contributed by atoms with Crippen molar-refractivity contribution in [1.82, 2.24) is 0 Å². The number of ether oxygens (including phenoxy) is 1. The number of rotatable bonds is 0. The first-order chi connectivity index (χ1) is 10.8. The second-order valence-corrected chi connectivity index (χ2v) is 5.73. The summed E-state index contributed by atoms with van der Waals surface area (Å²) in [6, 6.07) is 19.9. The molecule has 3 aromatic carbocycles. The Bertz CT molecular complexity index is 990. The highest BCUT2D eigenvalue weighted by molar-refractivity contribution is 6.24. The number of benzene rings is 3. The average molecular weight is 284 g/mol. The fourth-order valence-corrected chi connectivity index (χ4v) is 3.47. The van der Waals surface area contributed by atoms with Crippen LogP contribution in [-0.4, -0.2) is 5.78 Å². The number of carbonyl (C=O) groups excluding carboxylic acids is 1. The van der Waals surface area contributed by atoms with Crippen LogP contribution in [0.3, 0.4) is 0 Å². The molecular formula is C20H12O2. The van der Waals surface area contributed by atoms with Crippen LogP contribution in [0.2, 0.25) is 0 Å². The molecule has 2 nitrogen and oxygen atoms in total. The number of para-hydroxylation sites is 1. The lowest BCUT2D eigenvalue weighted by Crippen LogP contribution is -2.20. The minimum absolute atomic E-state index is 0.0915. The van der Waals surface area contributed by atoms with Gasteiger partial charge >= 0.3 is 0 Å². The topological polar surface area (TPSA) is 26.3 Å². The standard InChI is InChI=1S/C20H12O2/c21-19-14-8-3-6-12-7-4-9-15(18(12)14)20-16(19)11-13-5-1-2-10-17(13)22-20/h1-10H,11H2. The molecule has 0 unspecified atom stereocenters. The van der Waals surface area contributed by atoms with E-state index in [4.69, 9.17) is 4.74 Å². The molecular weight excluding hydrogens is 272 g/mol. The Morgan fingerprint density at radius 3 is 2.45 bits per heavy atom. The molecule has 1 heterocycles. The van der Waals surface area contributed by atoms with Crippen LogP contribution in [0.25, 0.3) is 16.5 Å². The molecule has 104 valence electrons. The van der Waals surface area contributed by atoms with Crippen LogP contribution < -0.4 is 4.74 Å². The number of carbonyl (C=O) groups is 1. The monoisotopic (exact) mass is 284 g/mol. The minimum atomic E-state index is 0.0915. The molecule has 2 heteroatoms. The fraction of sp³-hybridized carbons (Fsp3) is 0.0500. The molecule has 5 rings (SSSR count). The molecule has 0 spiro atoms. The van der Waals surface area contributed by atoms with Gasteiger partial charge in [0.15, 0.2) is 5.78 Å². The molecule has 1 aliphatic heterocycles. The normalized spacial score (nSPS) is 15.4. The highest BCUT2D eigenvalue weighted by Crippen LogP contribution is 2.42. The number of Topliss-reactive ketones (excluding diaryl/α,β-unsaturated/α-hetero) is 1. The maximum atomic E-state index is 12.9. The predicted octanol–water partition coefficient (Wildman–Crippen LogP) is 4.38. The third kappa shape index (κ3) is 1.41. The summed E-state index contributed by atoms with van der Waals surface area (Å²) >= 11 is 0. The molecule has 2 aliphatic rings. The maximum Gasteiger partial charge on any atom is 0.193 e. The van der Waals surface area contributed by atoms with Gasteiger partial charge in [-0.3, -0.25) is 4.79 Å². The summed E-state index contributed by atoms with van der Waals surface area (Å²) in [5.74, 6) is 1.67. The van der Waals surface area contributed by atoms with Gasteiger partial charge < -0.3 is 4.74 Å². The molecule has 3 aromatic rings. The number of hydrogen-bond acceptors (Lipinski definition) is 2. The zero-order valence-corrected chi connectivity index (χ0v) is 11.8. The van der Waals surface area contributed by atoms with Gasteiger partial charge in [-0.15, -0.1) is 0 Å². The number of hydrogen-bond donors (Lipinski definition) is 0. The zero-order chi connectivity index (χ0) is 14.7. The molecule has 0 saturated heterocycles. The van der Waals surface area contributed by atoms with Gasteiger partial charge in [-0.25, -0.2) is 0 Å². The van der Waals surface area contributed by atoms with Gasteiger partial charge in [0.2, 0.25) is 0 Å². The smallest absolute Gasteiger partial charge is 0.193 e. The molecule has 0 bridgehead atoms. The van der Waals surface area contributed by atoms with Gasteiger partial charge in [0.05, 0.1) is 0 Å². The summed E-state index contributed by atoms with van der Waals surface area (Å²) < 4.78 is 6.11. The molecule has 0 saturated carbocycles. The largest absolute Gasteiger partial charge is 0.456 e. The molecule has 0 aromatic heterocycles. The van der Waals surface area contributed by atoms with Gasteiger partial charge in [-0.1, -0.05) is 54.6 Å². The fourth-order valence-electron chi connectivity index (χ4n) is 3.47. The number of allylic oxidation sites excluding steroid dienone is 1. The van der Waals surface area contributed by atoms with E-state index in [1.54, 1.807) is 0 Å². The Labute approximate surface area is 127 Å². The van der Waals surface area contributed by atoms with Gasteiger partial charge in [0.1, 0.15) is 11.5 Å². The van der Waals surface area contributed by atoms with Gasteiger partial charge in [-0.2, -0.15) is 0 Å². The Hall–Kier alpha value is -2.87. The number of fused-ring (bicyclic) bond motifs is 2. The lowest BCUT2D eigenvalue weighted by Gasteiger charge is -2.27. The second-order valence-electron chi connectivity index (χ2n) is 5.73. The van der Waals surface area contributed by atoms with Gasteiger partial charge in [0.25, 0.3) is 0 Å². The van der Waals surface area contributed by atoms with Crippen molar-refractivity contribution in [3.8, 4) is 5.75 Å². The van der Waals surface area contributed by atoms with Crippen molar-refractivity contribution < 1.29 is 9.53 Å². The van der Waals surface area contributed by atoms with Crippen LogP contribution in [0.1, 0.15) is 21.5 Å². The van der Waals surface area contributed by atoms with E-state index in [9.17, 15) is 4.79 Å². The van der Waals surface area contributed by atoms with E-state index in [-0.39, 0.29) is 5.78 Å². The number of ketones is 1. The summed E-state index contributed by atoms with van der Waals surface area (Å²) in [6.07, 6.45) is 0.634. The molecule has 22 heavy (non-hydrogen) atoms. The summed E-state index contributed by atoms with van der Waals surface area (Å²) in [6.45, 7) is 0. The Morgan fingerprint density at radius 2 is 1.59 bits per heavy atom. The van der Waals surface area contributed by atoms with E-state index in [1.807, 2.05) is 60.7 Å². The summed E-state index contributed by atoms with van der Waals surface area (Å²) in [5, 5.41) is 2.09. The van der Waals surface area contributed by atoms with Gasteiger partial charge in [-0.05, 0) is 17.0 Å². The molecule has 0 atom stereocenters. The summed E-state index contributed by atoms with van der Waals surface area (Å²) in [5.41, 5.74) is 3.65. The van der Waals surface area contributed by atoms with E-state index < -0.39 is 0 Å². The van der Waals surface area contributed by atoms with Crippen molar-refractivity contribution in [2.75, 3.05) is 0 Å². The predicted molar refractivity (Wildman–Crippen MR) is 86.0 cm³/mol. The van der Waals surface area contributed by atoms with E-state index in [0.29, 0.717) is 6.42 Å². The van der Waals surface area contributed by atoms with E-state index in [0.717, 1.165) is 44.5 Å². The average Bonchev–Trinajstić information content (AvgIpc) is 2.58. The first-order valence-corrected chi connectivity index (χ1v) is 7.38. The van der Waals surface area contributed by atoms with Crippen LogP contribution >= 0.6 is 0 Å². The van der Waals surface area contributed by atoms with Crippen molar-refractivity contribution in [2.24, 2.45) is 0 Å². The molecule has 0 amide bonds. The summed E-state index contributed by atoms with van der Waals surface area (Å²) in [4.78, 5) is 12.9. The van der Waals surface area contributed by atoms with Crippen molar-refractivity contribution in [3.63, 3.8) is 0 Å². The Kier molecular flexibility index (Phi) is 2.18. The van der Waals surface area contributed by atoms with Crippen LogP contribution in [0, 0.1) is 0 Å². The third-order valence-electron chi connectivity index (χ3n) is 4.49. The Morgan fingerprint density at radius 1 is 0.818 bits per heavy atom. The quantitative estimate of drug-likeness (QED) is 0.612. The SMILES string of the molecule is O=C1C2=C(Oc3ccccc3C2)c2cccc3cccc1c23. The van der Waals surface area contributed by atoms with Crippen LogP contribution in [-0.2, 0) is 6.42 Å². The third-order valence-corrected chi connectivity index (χ3v) is 4.49. The molecule has 1 aliphatic carbocycles. The first-order valence-electron chi connectivity index (χ1n) is 7.38. The zero-order valence-electron chi connectivity index (χ0n) is 11.8. The summed E-state index contributed by atoms with van der Waals surface area (Å²) in [7, 11) is 0. The lowest BCUT2D eigenvalue weighted by molar-refractivity contribution is 0.103. The molecule has 0 N–H and O–H groups in total. The maximum absolute atomic E-state index is 12.9. The van der Waals surface area contributed by atoms with Crippen molar-refractivity contribution in [1.29, 1.82) is 0 Å². The highest BCUT2D eigenvalue weighted by atomic mass is 16.5. The highest BCUT2D eigenvalue weighted by Gasteiger charge is 2.32. The molecule has 0 fully saturated rings. The van der Waals surface area contributed by atoms with Crippen molar-refractivity contribution >= 4 is 22.3 Å². The van der Waals surface area contributed by atoms with Crippen LogP contribution in [0.5, 0.6) is 5.75 Å². The van der Waals surface area contributed by atoms with Crippen LogP contribution in [0.4, 0.5) is 0 Å². The lowest BCUT2D eigenvalue weighted by atomic mass is 9.83. The van der Waals surface area contributed by atoms with Crippen LogP contribution in [0.15, 0.2) is 66.2 Å². The Balaban J connectivity index is 1.84.